The third-order valence-electron chi connectivity index (χ3n) is 3.56. The van der Waals surface area contributed by atoms with E-state index in [-0.39, 0.29) is 11.9 Å². The molecule has 1 aromatic carbocycles. The van der Waals surface area contributed by atoms with Gasteiger partial charge in [0.2, 0.25) is 0 Å². The topological polar surface area (TPSA) is 43.8 Å². The molecule has 2 aromatic heterocycles. The standard InChI is InChI=1S/C15H15ClFN3S/c1-8-11(15(16)20(2)19-8)7-12(18)14-5-9-3-4-10(17)6-13(9)21-14/h3-6,12H,7,18H2,1-2H3. The quantitative estimate of drug-likeness (QED) is 0.792. The number of halogens is 2. The lowest BCUT2D eigenvalue weighted by molar-refractivity contribution is 0.630. The first-order chi connectivity index (χ1) is 9.95. The molecule has 0 radical (unpaired) electrons. The van der Waals surface area contributed by atoms with Gasteiger partial charge in [0.25, 0.3) is 0 Å². The van der Waals surface area contributed by atoms with Crippen LogP contribution in [-0.4, -0.2) is 9.78 Å². The number of nitrogens with zero attached hydrogens (tertiary/aromatic N) is 2. The highest BCUT2D eigenvalue weighted by molar-refractivity contribution is 7.19. The number of thiophene rings is 1. The van der Waals surface area contributed by atoms with Crippen LogP contribution in [0.5, 0.6) is 0 Å². The zero-order valence-corrected chi connectivity index (χ0v) is 13.3. The summed E-state index contributed by atoms with van der Waals surface area (Å²) in [5.41, 5.74) is 8.16. The fraction of sp³-hybridized carbons (Fsp3) is 0.267. The highest BCUT2D eigenvalue weighted by Crippen LogP contribution is 2.32. The lowest BCUT2D eigenvalue weighted by Crippen LogP contribution is -2.12. The summed E-state index contributed by atoms with van der Waals surface area (Å²) in [6.07, 6.45) is 0.619. The van der Waals surface area contributed by atoms with Crippen molar-refractivity contribution in [2.45, 2.75) is 19.4 Å². The van der Waals surface area contributed by atoms with Crippen LogP contribution in [-0.2, 0) is 13.5 Å². The first-order valence-electron chi connectivity index (χ1n) is 6.58. The molecule has 3 nitrogen and oxygen atoms in total. The maximum absolute atomic E-state index is 13.2. The van der Waals surface area contributed by atoms with Crippen molar-refractivity contribution in [1.29, 1.82) is 0 Å². The minimum Gasteiger partial charge on any atom is -0.323 e. The molecule has 0 saturated heterocycles. The number of aromatic nitrogens is 2. The predicted molar refractivity (Wildman–Crippen MR) is 85.4 cm³/mol. The zero-order chi connectivity index (χ0) is 15.1. The monoisotopic (exact) mass is 323 g/mol. The van der Waals surface area contributed by atoms with Crippen molar-refractivity contribution >= 4 is 33.0 Å². The van der Waals surface area contributed by atoms with E-state index in [2.05, 4.69) is 5.10 Å². The van der Waals surface area contributed by atoms with Gasteiger partial charge in [0.05, 0.1) is 5.69 Å². The Morgan fingerprint density at radius 2 is 2.19 bits per heavy atom. The third kappa shape index (κ3) is 2.69. The Morgan fingerprint density at radius 3 is 2.86 bits per heavy atom. The van der Waals surface area contributed by atoms with Crippen molar-refractivity contribution in [1.82, 2.24) is 9.78 Å². The van der Waals surface area contributed by atoms with Gasteiger partial charge < -0.3 is 5.73 Å². The molecule has 0 spiro atoms. The lowest BCUT2D eigenvalue weighted by Gasteiger charge is -2.09. The van der Waals surface area contributed by atoms with Crippen LogP contribution >= 0.6 is 22.9 Å². The van der Waals surface area contributed by atoms with E-state index < -0.39 is 0 Å². The van der Waals surface area contributed by atoms with E-state index in [1.807, 2.05) is 20.0 Å². The van der Waals surface area contributed by atoms with Crippen molar-refractivity contribution in [3.63, 3.8) is 0 Å². The summed E-state index contributed by atoms with van der Waals surface area (Å²) in [5, 5.41) is 5.93. The van der Waals surface area contributed by atoms with Crippen LogP contribution in [0.3, 0.4) is 0 Å². The van der Waals surface area contributed by atoms with Crippen LogP contribution in [0.2, 0.25) is 5.15 Å². The van der Waals surface area contributed by atoms with Crippen LogP contribution in [0.1, 0.15) is 22.2 Å². The highest BCUT2D eigenvalue weighted by Gasteiger charge is 2.17. The molecule has 21 heavy (non-hydrogen) atoms. The molecule has 2 N–H and O–H groups in total. The largest absolute Gasteiger partial charge is 0.323 e. The lowest BCUT2D eigenvalue weighted by atomic mass is 10.1. The van der Waals surface area contributed by atoms with Gasteiger partial charge in [-0.15, -0.1) is 11.3 Å². The molecule has 0 saturated carbocycles. The molecular weight excluding hydrogens is 309 g/mol. The molecule has 110 valence electrons. The number of benzene rings is 1. The Bertz CT molecular complexity index is 809. The molecule has 6 heteroatoms. The number of hydrogen-bond acceptors (Lipinski definition) is 3. The van der Waals surface area contributed by atoms with Crippen molar-refractivity contribution in [3.05, 3.63) is 51.4 Å². The van der Waals surface area contributed by atoms with E-state index in [4.69, 9.17) is 17.3 Å². The summed E-state index contributed by atoms with van der Waals surface area (Å²) in [5.74, 6) is -0.226. The van der Waals surface area contributed by atoms with Gasteiger partial charge >= 0.3 is 0 Å². The smallest absolute Gasteiger partial charge is 0.130 e. The second-order valence-electron chi connectivity index (χ2n) is 5.12. The van der Waals surface area contributed by atoms with Crippen molar-refractivity contribution in [2.75, 3.05) is 0 Å². The minimum atomic E-state index is -0.226. The molecule has 2 heterocycles. The van der Waals surface area contributed by atoms with Gasteiger partial charge in [0.15, 0.2) is 0 Å². The molecule has 0 fully saturated rings. The van der Waals surface area contributed by atoms with Crippen LogP contribution in [0.4, 0.5) is 4.39 Å². The second-order valence-corrected chi connectivity index (χ2v) is 6.59. The Labute approximate surface area is 131 Å². The minimum absolute atomic E-state index is 0.175. The van der Waals surface area contributed by atoms with Crippen LogP contribution in [0.15, 0.2) is 24.3 Å². The van der Waals surface area contributed by atoms with Gasteiger partial charge in [-0.25, -0.2) is 4.39 Å². The van der Waals surface area contributed by atoms with Gasteiger partial charge in [-0.05, 0) is 36.9 Å². The van der Waals surface area contributed by atoms with E-state index in [1.165, 1.54) is 17.4 Å². The average Bonchev–Trinajstić information content (AvgIpc) is 2.95. The van der Waals surface area contributed by atoms with Crippen LogP contribution in [0, 0.1) is 12.7 Å². The Morgan fingerprint density at radius 1 is 1.43 bits per heavy atom. The molecule has 3 rings (SSSR count). The highest BCUT2D eigenvalue weighted by atomic mass is 35.5. The molecule has 0 aliphatic rings. The molecule has 0 aliphatic heterocycles. The van der Waals surface area contributed by atoms with E-state index in [1.54, 1.807) is 16.8 Å². The summed E-state index contributed by atoms with van der Waals surface area (Å²) in [4.78, 5) is 1.02. The summed E-state index contributed by atoms with van der Waals surface area (Å²) < 4.78 is 15.8. The van der Waals surface area contributed by atoms with Gasteiger partial charge in [-0.3, -0.25) is 4.68 Å². The SMILES string of the molecule is Cc1nn(C)c(Cl)c1CC(N)c1cc2ccc(F)cc2s1. The second kappa shape index (κ2) is 5.40. The maximum atomic E-state index is 13.2. The van der Waals surface area contributed by atoms with Crippen LogP contribution in [0.25, 0.3) is 10.1 Å². The first kappa shape index (κ1) is 14.5. The van der Waals surface area contributed by atoms with Gasteiger partial charge in [-0.1, -0.05) is 17.7 Å². The molecule has 0 bridgehead atoms. The van der Waals surface area contributed by atoms with Crippen molar-refractivity contribution < 1.29 is 4.39 Å². The van der Waals surface area contributed by atoms with E-state index in [0.717, 1.165) is 26.2 Å². The normalized spacial score (nSPS) is 13.0. The summed E-state index contributed by atoms with van der Waals surface area (Å²) in [7, 11) is 1.81. The molecule has 1 atom stereocenters. The molecule has 1 unspecified atom stereocenters. The number of nitrogens with two attached hydrogens (primary N) is 1. The summed E-state index contributed by atoms with van der Waals surface area (Å²) in [6, 6.07) is 6.62. The number of rotatable bonds is 3. The predicted octanol–water partition coefficient (Wildman–Crippen LogP) is 3.98. The molecular formula is C15H15ClFN3S. The average molecular weight is 324 g/mol. The zero-order valence-electron chi connectivity index (χ0n) is 11.7. The number of aryl methyl sites for hydroxylation is 2. The summed E-state index contributed by atoms with van der Waals surface area (Å²) >= 11 is 7.77. The fourth-order valence-corrected chi connectivity index (χ4v) is 3.78. The number of fused-ring (bicyclic) bond motifs is 1. The first-order valence-corrected chi connectivity index (χ1v) is 7.77. The Hall–Kier alpha value is -1.43. The third-order valence-corrected chi connectivity index (χ3v) is 5.26. The van der Waals surface area contributed by atoms with Crippen LogP contribution < -0.4 is 5.73 Å². The Balaban J connectivity index is 1.91. The van der Waals surface area contributed by atoms with E-state index in [9.17, 15) is 4.39 Å². The molecule has 0 amide bonds. The van der Waals surface area contributed by atoms with Gasteiger partial charge in [0, 0.05) is 28.2 Å². The molecule has 3 aromatic rings. The molecule has 0 aliphatic carbocycles. The van der Waals surface area contributed by atoms with Crippen molar-refractivity contribution in [2.24, 2.45) is 12.8 Å². The van der Waals surface area contributed by atoms with Gasteiger partial charge in [0.1, 0.15) is 11.0 Å². The maximum Gasteiger partial charge on any atom is 0.130 e. The van der Waals surface area contributed by atoms with Crippen molar-refractivity contribution in [3.8, 4) is 0 Å². The van der Waals surface area contributed by atoms with E-state index in [0.29, 0.717) is 11.6 Å². The number of hydrogen-bond donors (Lipinski definition) is 1. The fourth-order valence-electron chi connectivity index (χ4n) is 2.43. The van der Waals surface area contributed by atoms with E-state index >= 15 is 0 Å². The summed E-state index contributed by atoms with van der Waals surface area (Å²) in [6.45, 7) is 1.92. The van der Waals surface area contributed by atoms with Gasteiger partial charge in [-0.2, -0.15) is 5.10 Å². The Kier molecular flexibility index (Phi) is 3.73.